The van der Waals surface area contributed by atoms with Crippen molar-refractivity contribution >= 4 is 5.69 Å². The van der Waals surface area contributed by atoms with Crippen molar-refractivity contribution in [3.05, 3.63) is 65.2 Å². The zero-order chi connectivity index (χ0) is 12.6. The predicted molar refractivity (Wildman–Crippen MR) is 73.6 cm³/mol. The van der Waals surface area contributed by atoms with Crippen molar-refractivity contribution in [1.82, 2.24) is 0 Å². The molecule has 0 amide bonds. The average molecular weight is 239 g/mol. The smallest absolute Gasteiger partial charge is 0.0673 e. The third-order valence-electron chi connectivity index (χ3n) is 3.80. The summed E-state index contributed by atoms with van der Waals surface area (Å²) in [6.45, 7) is 3.63. The van der Waals surface area contributed by atoms with Crippen LogP contribution in [-0.2, 0) is 10.2 Å². The van der Waals surface area contributed by atoms with E-state index >= 15 is 0 Å². The predicted octanol–water partition coefficient (Wildman–Crippen LogP) is 2.89. The van der Waals surface area contributed by atoms with Crippen molar-refractivity contribution in [3.63, 3.8) is 0 Å². The van der Waals surface area contributed by atoms with Crippen LogP contribution in [0.2, 0.25) is 0 Å². The molecule has 1 fully saturated rings. The van der Waals surface area contributed by atoms with E-state index in [9.17, 15) is 0 Å². The highest BCUT2D eigenvalue weighted by molar-refractivity contribution is 5.50. The highest BCUT2D eigenvalue weighted by atomic mass is 16.5. The number of nitrogen functional groups attached to an aromatic ring is 1. The van der Waals surface area contributed by atoms with E-state index in [0.717, 1.165) is 18.9 Å². The molecule has 0 aliphatic carbocycles. The molecule has 2 heteroatoms. The van der Waals surface area contributed by atoms with Crippen LogP contribution in [0.25, 0.3) is 0 Å². The molecular formula is C16H17NO. The Labute approximate surface area is 107 Å². The lowest BCUT2D eigenvalue weighted by Gasteiger charge is -2.43. The van der Waals surface area contributed by atoms with Crippen molar-refractivity contribution in [3.8, 4) is 0 Å². The maximum absolute atomic E-state index is 5.91. The van der Waals surface area contributed by atoms with E-state index in [1.165, 1.54) is 16.7 Å². The summed E-state index contributed by atoms with van der Waals surface area (Å²) >= 11 is 0. The molecule has 1 saturated heterocycles. The number of benzene rings is 2. The lowest BCUT2D eigenvalue weighted by molar-refractivity contribution is -0.0382. The molecule has 1 aliphatic rings. The Kier molecular flexibility index (Phi) is 2.60. The minimum atomic E-state index is -0.0132. The third kappa shape index (κ3) is 1.61. The van der Waals surface area contributed by atoms with Crippen LogP contribution >= 0.6 is 0 Å². The Morgan fingerprint density at radius 3 is 2.44 bits per heavy atom. The normalized spacial score (nSPS) is 17.2. The van der Waals surface area contributed by atoms with Crippen molar-refractivity contribution < 1.29 is 4.74 Å². The highest BCUT2D eigenvalue weighted by Gasteiger charge is 2.42. The van der Waals surface area contributed by atoms with Gasteiger partial charge in [0, 0.05) is 5.69 Å². The lowest BCUT2D eigenvalue weighted by Crippen LogP contribution is -2.48. The van der Waals surface area contributed by atoms with Crippen LogP contribution in [-0.4, -0.2) is 13.2 Å². The summed E-state index contributed by atoms with van der Waals surface area (Å²) in [5.74, 6) is 0. The Bertz CT molecular complexity index is 573. The number of anilines is 1. The van der Waals surface area contributed by atoms with Crippen LogP contribution in [0.3, 0.4) is 0 Å². The number of aryl methyl sites for hydroxylation is 1. The van der Waals surface area contributed by atoms with Crippen LogP contribution in [0.4, 0.5) is 5.69 Å². The van der Waals surface area contributed by atoms with Gasteiger partial charge < -0.3 is 10.5 Å². The van der Waals surface area contributed by atoms with Gasteiger partial charge in [0.05, 0.1) is 18.6 Å². The SMILES string of the molecule is Cc1ccccc1C1(c2cccc(N)c2)COC1. The summed E-state index contributed by atoms with van der Waals surface area (Å²) < 4.78 is 5.50. The Morgan fingerprint density at radius 2 is 1.83 bits per heavy atom. The molecule has 92 valence electrons. The summed E-state index contributed by atoms with van der Waals surface area (Å²) in [6, 6.07) is 16.7. The molecule has 2 nitrogen and oxygen atoms in total. The first kappa shape index (κ1) is 11.3. The monoisotopic (exact) mass is 239 g/mol. The number of rotatable bonds is 2. The highest BCUT2D eigenvalue weighted by Crippen LogP contribution is 2.40. The van der Waals surface area contributed by atoms with Gasteiger partial charge in [0.25, 0.3) is 0 Å². The molecule has 0 aromatic heterocycles. The van der Waals surface area contributed by atoms with Crippen molar-refractivity contribution in [1.29, 1.82) is 0 Å². The quantitative estimate of drug-likeness (QED) is 0.818. The Hall–Kier alpha value is -1.80. The molecule has 0 unspecified atom stereocenters. The lowest BCUT2D eigenvalue weighted by atomic mass is 9.71. The standard InChI is InChI=1S/C16H17NO/c1-12-5-2-3-8-15(12)16(10-18-11-16)13-6-4-7-14(17)9-13/h2-9H,10-11,17H2,1H3. The Morgan fingerprint density at radius 1 is 1.06 bits per heavy atom. The second-order valence-corrected chi connectivity index (χ2v) is 5.02. The van der Waals surface area contributed by atoms with Gasteiger partial charge in [0.1, 0.15) is 0 Å². The first-order valence-electron chi connectivity index (χ1n) is 6.22. The minimum absolute atomic E-state index is 0.0132. The zero-order valence-corrected chi connectivity index (χ0v) is 10.5. The summed E-state index contributed by atoms with van der Waals surface area (Å²) in [5, 5.41) is 0. The van der Waals surface area contributed by atoms with Crippen LogP contribution in [0.1, 0.15) is 16.7 Å². The van der Waals surface area contributed by atoms with E-state index in [-0.39, 0.29) is 5.41 Å². The van der Waals surface area contributed by atoms with Gasteiger partial charge >= 0.3 is 0 Å². The van der Waals surface area contributed by atoms with Crippen LogP contribution in [0.5, 0.6) is 0 Å². The summed E-state index contributed by atoms with van der Waals surface area (Å²) in [7, 11) is 0. The van der Waals surface area contributed by atoms with Crippen molar-refractivity contribution in [2.24, 2.45) is 0 Å². The number of hydrogen-bond acceptors (Lipinski definition) is 2. The van der Waals surface area contributed by atoms with E-state index in [1.54, 1.807) is 0 Å². The van der Waals surface area contributed by atoms with Gasteiger partial charge in [-0.25, -0.2) is 0 Å². The molecule has 0 radical (unpaired) electrons. The zero-order valence-electron chi connectivity index (χ0n) is 10.5. The van der Waals surface area contributed by atoms with Crippen molar-refractivity contribution in [2.75, 3.05) is 18.9 Å². The molecule has 2 aromatic carbocycles. The van der Waals surface area contributed by atoms with Crippen molar-refractivity contribution in [2.45, 2.75) is 12.3 Å². The van der Waals surface area contributed by atoms with Crippen LogP contribution < -0.4 is 5.73 Å². The summed E-state index contributed by atoms with van der Waals surface area (Å²) in [5.41, 5.74) is 10.6. The fraction of sp³-hybridized carbons (Fsp3) is 0.250. The number of hydrogen-bond donors (Lipinski definition) is 1. The molecule has 3 rings (SSSR count). The van der Waals surface area contributed by atoms with Crippen LogP contribution in [0.15, 0.2) is 48.5 Å². The van der Waals surface area contributed by atoms with Gasteiger partial charge in [-0.3, -0.25) is 0 Å². The maximum atomic E-state index is 5.91. The Balaban J connectivity index is 2.14. The molecule has 2 N–H and O–H groups in total. The van der Waals surface area contributed by atoms with E-state index in [0.29, 0.717) is 0 Å². The van der Waals surface area contributed by atoms with Crippen LogP contribution in [0, 0.1) is 6.92 Å². The molecule has 0 atom stereocenters. The summed E-state index contributed by atoms with van der Waals surface area (Å²) in [6.07, 6.45) is 0. The van der Waals surface area contributed by atoms with Gasteiger partial charge in [-0.05, 0) is 35.7 Å². The first-order valence-corrected chi connectivity index (χ1v) is 6.22. The van der Waals surface area contributed by atoms with E-state index in [2.05, 4.69) is 43.3 Å². The molecular weight excluding hydrogens is 222 g/mol. The largest absolute Gasteiger partial charge is 0.399 e. The molecule has 0 spiro atoms. The molecule has 1 aliphatic heterocycles. The van der Waals surface area contributed by atoms with Gasteiger partial charge in [-0.2, -0.15) is 0 Å². The second kappa shape index (κ2) is 4.14. The molecule has 1 heterocycles. The molecule has 18 heavy (non-hydrogen) atoms. The maximum Gasteiger partial charge on any atom is 0.0673 e. The second-order valence-electron chi connectivity index (χ2n) is 5.02. The van der Waals surface area contributed by atoms with Gasteiger partial charge in [-0.15, -0.1) is 0 Å². The summed E-state index contributed by atoms with van der Waals surface area (Å²) in [4.78, 5) is 0. The average Bonchev–Trinajstić information content (AvgIpc) is 2.30. The fourth-order valence-electron chi connectivity index (χ4n) is 2.73. The minimum Gasteiger partial charge on any atom is -0.399 e. The number of nitrogens with two attached hydrogens (primary N) is 1. The number of ether oxygens (including phenoxy) is 1. The van der Waals surface area contributed by atoms with Gasteiger partial charge in [0.15, 0.2) is 0 Å². The third-order valence-corrected chi connectivity index (χ3v) is 3.80. The van der Waals surface area contributed by atoms with E-state index < -0.39 is 0 Å². The molecule has 0 bridgehead atoms. The fourth-order valence-corrected chi connectivity index (χ4v) is 2.73. The topological polar surface area (TPSA) is 35.2 Å². The van der Waals surface area contributed by atoms with E-state index in [1.807, 2.05) is 12.1 Å². The molecule has 0 saturated carbocycles. The molecule has 2 aromatic rings. The van der Waals surface area contributed by atoms with Gasteiger partial charge in [0.2, 0.25) is 0 Å². The van der Waals surface area contributed by atoms with E-state index in [4.69, 9.17) is 10.5 Å². The first-order chi connectivity index (χ1) is 8.72. The van der Waals surface area contributed by atoms with Gasteiger partial charge in [-0.1, -0.05) is 36.4 Å².